The van der Waals surface area contributed by atoms with Crippen LogP contribution >= 0.6 is 11.8 Å². The van der Waals surface area contributed by atoms with Gasteiger partial charge in [0.2, 0.25) is 5.91 Å². The molecule has 0 atom stereocenters. The molecule has 0 radical (unpaired) electrons. The maximum absolute atomic E-state index is 12.7. The van der Waals surface area contributed by atoms with Crippen LogP contribution in [0.3, 0.4) is 0 Å². The zero-order chi connectivity index (χ0) is 24.1. The molecule has 0 saturated carbocycles. The van der Waals surface area contributed by atoms with E-state index < -0.39 is 0 Å². The molecule has 1 aromatic heterocycles. The van der Waals surface area contributed by atoms with Crippen LogP contribution in [0.15, 0.2) is 71.9 Å². The van der Waals surface area contributed by atoms with Crippen molar-refractivity contribution in [1.29, 1.82) is 0 Å². The number of anilines is 1. The summed E-state index contributed by atoms with van der Waals surface area (Å²) in [5, 5.41) is 12.4. The molecule has 0 aliphatic heterocycles. The SMILES string of the molecule is COc1ccc(-c2nnc(SCC(=O)Nc3ccc(C)cc3C)n2-c2ccccc2)cc1OC. The van der Waals surface area contributed by atoms with Crippen LogP contribution in [-0.4, -0.2) is 40.6 Å². The highest BCUT2D eigenvalue weighted by molar-refractivity contribution is 7.99. The van der Waals surface area contributed by atoms with E-state index in [1.807, 2.05) is 85.1 Å². The van der Waals surface area contributed by atoms with Gasteiger partial charge in [-0.1, -0.05) is 47.7 Å². The van der Waals surface area contributed by atoms with Crippen LogP contribution in [-0.2, 0) is 4.79 Å². The van der Waals surface area contributed by atoms with E-state index in [2.05, 4.69) is 15.5 Å². The number of aromatic nitrogens is 3. The number of aryl methyl sites for hydroxylation is 2. The van der Waals surface area contributed by atoms with Crippen molar-refractivity contribution in [3.8, 4) is 28.6 Å². The molecule has 7 nitrogen and oxygen atoms in total. The Balaban J connectivity index is 1.62. The molecule has 1 heterocycles. The van der Waals surface area contributed by atoms with Crippen molar-refractivity contribution >= 4 is 23.4 Å². The molecule has 4 rings (SSSR count). The van der Waals surface area contributed by atoms with Crippen molar-refractivity contribution in [2.45, 2.75) is 19.0 Å². The van der Waals surface area contributed by atoms with Crippen molar-refractivity contribution in [3.63, 3.8) is 0 Å². The molecule has 1 amide bonds. The van der Waals surface area contributed by atoms with Crippen LogP contribution in [0.5, 0.6) is 11.5 Å². The van der Waals surface area contributed by atoms with Crippen molar-refractivity contribution in [3.05, 3.63) is 77.9 Å². The number of hydrogen-bond acceptors (Lipinski definition) is 6. The summed E-state index contributed by atoms with van der Waals surface area (Å²) in [4.78, 5) is 12.7. The van der Waals surface area contributed by atoms with E-state index >= 15 is 0 Å². The Morgan fingerprint density at radius 1 is 0.941 bits per heavy atom. The average molecular weight is 475 g/mol. The van der Waals surface area contributed by atoms with E-state index in [1.165, 1.54) is 11.8 Å². The van der Waals surface area contributed by atoms with Crippen molar-refractivity contribution in [2.75, 3.05) is 25.3 Å². The van der Waals surface area contributed by atoms with E-state index in [-0.39, 0.29) is 11.7 Å². The van der Waals surface area contributed by atoms with Gasteiger partial charge in [0, 0.05) is 16.9 Å². The predicted octanol–water partition coefficient (Wildman–Crippen LogP) is 5.30. The number of nitrogens with one attached hydrogen (secondary N) is 1. The number of rotatable bonds is 8. The van der Waals surface area contributed by atoms with Gasteiger partial charge >= 0.3 is 0 Å². The van der Waals surface area contributed by atoms with Crippen LogP contribution in [0.25, 0.3) is 17.1 Å². The van der Waals surface area contributed by atoms with E-state index in [9.17, 15) is 4.79 Å². The number of carbonyl (C=O) groups is 1. The highest BCUT2D eigenvalue weighted by Crippen LogP contribution is 2.34. The Kier molecular flexibility index (Phi) is 7.18. The molecule has 8 heteroatoms. The molecule has 0 fully saturated rings. The fraction of sp³-hybridized carbons (Fsp3) is 0.192. The molecule has 0 spiro atoms. The largest absolute Gasteiger partial charge is 0.493 e. The van der Waals surface area contributed by atoms with Gasteiger partial charge < -0.3 is 14.8 Å². The van der Waals surface area contributed by atoms with Gasteiger partial charge in [-0.2, -0.15) is 0 Å². The minimum Gasteiger partial charge on any atom is -0.493 e. The molecule has 1 N–H and O–H groups in total. The molecule has 0 aliphatic carbocycles. The number of benzene rings is 3. The molecule has 4 aromatic rings. The van der Waals surface area contributed by atoms with Gasteiger partial charge in [-0.25, -0.2) is 0 Å². The first-order valence-corrected chi connectivity index (χ1v) is 11.7. The minimum atomic E-state index is -0.104. The molecular formula is C26H26N4O3S. The van der Waals surface area contributed by atoms with Gasteiger partial charge in [0.25, 0.3) is 0 Å². The van der Waals surface area contributed by atoms with Gasteiger partial charge in [0.1, 0.15) is 0 Å². The minimum absolute atomic E-state index is 0.104. The van der Waals surface area contributed by atoms with Crippen molar-refractivity contribution < 1.29 is 14.3 Å². The molecule has 34 heavy (non-hydrogen) atoms. The third-order valence-electron chi connectivity index (χ3n) is 5.28. The summed E-state index contributed by atoms with van der Waals surface area (Å²) in [6.07, 6.45) is 0. The summed E-state index contributed by atoms with van der Waals surface area (Å²) < 4.78 is 12.8. The molecule has 3 aromatic carbocycles. The zero-order valence-electron chi connectivity index (χ0n) is 19.5. The molecular weight excluding hydrogens is 448 g/mol. The number of ether oxygens (including phenoxy) is 2. The Morgan fingerprint density at radius 3 is 2.41 bits per heavy atom. The lowest BCUT2D eigenvalue weighted by Gasteiger charge is -2.13. The monoisotopic (exact) mass is 474 g/mol. The summed E-state index contributed by atoms with van der Waals surface area (Å²) in [6.45, 7) is 4.01. The first kappa shape index (κ1) is 23.4. The number of hydrogen-bond donors (Lipinski definition) is 1. The van der Waals surface area contributed by atoms with Crippen molar-refractivity contribution in [1.82, 2.24) is 14.8 Å². The maximum Gasteiger partial charge on any atom is 0.234 e. The molecule has 174 valence electrons. The highest BCUT2D eigenvalue weighted by Gasteiger charge is 2.19. The van der Waals surface area contributed by atoms with Crippen molar-refractivity contribution in [2.24, 2.45) is 0 Å². The number of nitrogens with zero attached hydrogens (tertiary/aromatic N) is 3. The Hall–Kier alpha value is -3.78. The average Bonchev–Trinajstić information content (AvgIpc) is 3.28. The third kappa shape index (κ3) is 5.07. The number of amides is 1. The summed E-state index contributed by atoms with van der Waals surface area (Å²) in [5.41, 5.74) is 4.71. The smallest absolute Gasteiger partial charge is 0.234 e. The second kappa shape index (κ2) is 10.4. The Bertz CT molecular complexity index is 1300. The Labute approximate surface area is 203 Å². The highest BCUT2D eigenvalue weighted by atomic mass is 32.2. The lowest BCUT2D eigenvalue weighted by molar-refractivity contribution is -0.113. The lowest BCUT2D eigenvalue weighted by atomic mass is 10.1. The fourth-order valence-corrected chi connectivity index (χ4v) is 4.36. The number of thioether (sulfide) groups is 1. The number of carbonyl (C=O) groups excluding carboxylic acids is 1. The van der Waals surface area contributed by atoms with E-state index in [0.29, 0.717) is 22.5 Å². The maximum atomic E-state index is 12.7. The van der Waals surface area contributed by atoms with Crippen LogP contribution in [0, 0.1) is 13.8 Å². The standard InChI is InChI=1S/C26H26N4O3S/c1-17-10-12-21(18(2)14-17)27-24(31)16-34-26-29-28-25(30(26)20-8-6-5-7-9-20)19-11-13-22(32-3)23(15-19)33-4/h5-15H,16H2,1-4H3,(H,27,31). The van der Waals surface area contributed by atoms with Gasteiger partial charge in [-0.15, -0.1) is 10.2 Å². The van der Waals surface area contributed by atoms with Gasteiger partial charge in [-0.05, 0) is 55.8 Å². The first-order chi connectivity index (χ1) is 16.5. The van der Waals surface area contributed by atoms with Crippen LogP contribution in [0.1, 0.15) is 11.1 Å². The van der Waals surface area contributed by atoms with E-state index in [0.717, 1.165) is 28.1 Å². The van der Waals surface area contributed by atoms with Gasteiger partial charge in [0.15, 0.2) is 22.5 Å². The van der Waals surface area contributed by atoms with Crippen LogP contribution in [0.2, 0.25) is 0 Å². The molecule has 0 bridgehead atoms. The third-order valence-corrected chi connectivity index (χ3v) is 6.21. The van der Waals surface area contributed by atoms with Crippen LogP contribution < -0.4 is 14.8 Å². The lowest BCUT2D eigenvalue weighted by Crippen LogP contribution is -2.15. The molecule has 0 saturated heterocycles. The van der Waals surface area contributed by atoms with Gasteiger partial charge in [0.05, 0.1) is 20.0 Å². The van der Waals surface area contributed by atoms with Crippen LogP contribution in [0.4, 0.5) is 5.69 Å². The second-order valence-corrected chi connectivity index (χ2v) is 8.64. The Morgan fingerprint density at radius 2 is 1.71 bits per heavy atom. The first-order valence-electron chi connectivity index (χ1n) is 10.7. The van der Waals surface area contributed by atoms with E-state index in [4.69, 9.17) is 9.47 Å². The summed E-state index contributed by atoms with van der Waals surface area (Å²) in [6, 6.07) is 21.4. The number of methoxy groups -OCH3 is 2. The molecule has 0 unspecified atom stereocenters. The summed E-state index contributed by atoms with van der Waals surface area (Å²) >= 11 is 1.33. The van der Waals surface area contributed by atoms with Gasteiger partial charge in [-0.3, -0.25) is 9.36 Å². The topological polar surface area (TPSA) is 78.3 Å². The second-order valence-electron chi connectivity index (χ2n) is 7.70. The fourth-order valence-electron chi connectivity index (χ4n) is 3.61. The number of para-hydroxylation sites is 1. The summed E-state index contributed by atoms with van der Waals surface area (Å²) in [7, 11) is 3.20. The zero-order valence-corrected chi connectivity index (χ0v) is 20.3. The predicted molar refractivity (Wildman–Crippen MR) is 135 cm³/mol. The van der Waals surface area contributed by atoms with E-state index in [1.54, 1.807) is 14.2 Å². The normalized spacial score (nSPS) is 10.7. The molecule has 0 aliphatic rings. The summed E-state index contributed by atoms with van der Waals surface area (Å²) in [5.74, 6) is 1.97. The quantitative estimate of drug-likeness (QED) is 0.349.